The highest BCUT2D eigenvalue weighted by Crippen LogP contribution is 2.25. The number of hydrogen-bond acceptors (Lipinski definition) is 5. The highest BCUT2D eigenvalue weighted by molar-refractivity contribution is 7.80. The molecule has 3 aromatic rings. The van der Waals surface area contributed by atoms with Gasteiger partial charge < -0.3 is 19.2 Å². The van der Waals surface area contributed by atoms with Crippen molar-refractivity contribution in [2.24, 2.45) is 0 Å². The molecule has 1 aromatic heterocycles. The maximum Gasteiger partial charge on any atom is 0.281 e. The van der Waals surface area contributed by atoms with Crippen LogP contribution in [-0.4, -0.2) is 17.6 Å². The van der Waals surface area contributed by atoms with Crippen LogP contribution >= 0.6 is 12.2 Å². The SMILES string of the molecule is CCOc1ccc(N2C(=O)/C(=C\c3ccc(COc4ccc(CC)cc4)o3)NC2=S)cc1. The molecule has 1 aliphatic rings. The van der Waals surface area contributed by atoms with Crippen LogP contribution < -0.4 is 19.7 Å². The minimum absolute atomic E-state index is 0.246. The molecule has 32 heavy (non-hydrogen) atoms. The minimum atomic E-state index is -0.246. The lowest BCUT2D eigenvalue weighted by Gasteiger charge is -2.14. The summed E-state index contributed by atoms with van der Waals surface area (Å²) in [6, 6.07) is 18.8. The molecule has 4 rings (SSSR count). The number of thiocarbonyl (C=S) groups is 1. The molecule has 1 saturated heterocycles. The van der Waals surface area contributed by atoms with Gasteiger partial charge in [-0.15, -0.1) is 0 Å². The molecule has 0 radical (unpaired) electrons. The Labute approximate surface area is 192 Å². The number of furan rings is 1. The van der Waals surface area contributed by atoms with Crippen LogP contribution in [0.5, 0.6) is 11.5 Å². The molecule has 1 fully saturated rings. The van der Waals surface area contributed by atoms with Crippen molar-refractivity contribution in [3.63, 3.8) is 0 Å². The molecule has 2 aromatic carbocycles. The predicted molar refractivity (Wildman–Crippen MR) is 128 cm³/mol. The number of carbonyl (C=O) groups excluding carboxylic acids is 1. The van der Waals surface area contributed by atoms with Crippen LogP contribution in [-0.2, 0) is 17.8 Å². The van der Waals surface area contributed by atoms with Gasteiger partial charge in [-0.25, -0.2) is 0 Å². The lowest BCUT2D eigenvalue weighted by atomic mass is 10.2. The standard InChI is InChI=1S/C25H24N2O4S/c1-3-17-5-9-20(10-6-17)30-16-22-14-13-21(31-22)15-23-24(28)27(25(32)26-23)18-7-11-19(12-8-18)29-4-2/h5-15H,3-4,16H2,1-2H3,(H,26,32)/b23-15+. The number of anilines is 1. The Morgan fingerprint density at radius 2 is 1.66 bits per heavy atom. The van der Waals surface area contributed by atoms with Gasteiger partial charge in [0.1, 0.15) is 35.3 Å². The van der Waals surface area contributed by atoms with E-state index in [1.807, 2.05) is 49.4 Å². The van der Waals surface area contributed by atoms with Crippen LogP contribution in [0.2, 0.25) is 0 Å². The summed E-state index contributed by atoms with van der Waals surface area (Å²) in [6.45, 7) is 4.91. The van der Waals surface area contributed by atoms with E-state index in [4.69, 9.17) is 26.1 Å². The predicted octanol–water partition coefficient (Wildman–Crippen LogP) is 5.08. The number of amides is 1. The lowest BCUT2D eigenvalue weighted by Crippen LogP contribution is -2.30. The van der Waals surface area contributed by atoms with Gasteiger partial charge in [0, 0.05) is 6.08 Å². The second kappa shape index (κ2) is 9.70. The van der Waals surface area contributed by atoms with Gasteiger partial charge in [0.2, 0.25) is 0 Å². The number of hydrogen-bond donors (Lipinski definition) is 1. The van der Waals surface area contributed by atoms with Gasteiger partial charge in [-0.2, -0.15) is 0 Å². The smallest absolute Gasteiger partial charge is 0.281 e. The third kappa shape index (κ3) is 4.84. The van der Waals surface area contributed by atoms with Gasteiger partial charge in [0.25, 0.3) is 5.91 Å². The molecule has 0 unspecified atom stereocenters. The van der Waals surface area contributed by atoms with Crippen molar-refractivity contribution < 1.29 is 18.7 Å². The quantitative estimate of drug-likeness (QED) is 0.383. The van der Waals surface area contributed by atoms with Crippen LogP contribution in [0, 0.1) is 0 Å². The summed E-state index contributed by atoms with van der Waals surface area (Å²) in [6.07, 6.45) is 2.63. The fourth-order valence-corrected chi connectivity index (χ4v) is 3.59. The van der Waals surface area contributed by atoms with Crippen molar-refractivity contribution in [2.75, 3.05) is 11.5 Å². The number of nitrogens with one attached hydrogen (secondary N) is 1. The Bertz CT molecular complexity index is 1130. The average molecular weight is 449 g/mol. The summed E-state index contributed by atoms with van der Waals surface area (Å²) in [5.41, 5.74) is 2.28. The first kappa shape index (κ1) is 21.6. The second-order valence-corrected chi connectivity index (χ2v) is 7.53. The van der Waals surface area contributed by atoms with Crippen molar-refractivity contribution in [1.82, 2.24) is 5.32 Å². The molecule has 0 bridgehead atoms. The molecule has 7 heteroatoms. The van der Waals surface area contributed by atoms with Crippen molar-refractivity contribution in [3.8, 4) is 11.5 Å². The Morgan fingerprint density at radius 3 is 2.34 bits per heavy atom. The van der Waals surface area contributed by atoms with Crippen molar-refractivity contribution in [2.45, 2.75) is 26.9 Å². The van der Waals surface area contributed by atoms with E-state index in [0.29, 0.717) is 41.2 Å². The highest BCUT2D eigenvalue weighted by atomic mass is 32.1. The van der Waals surface area contributed by atoms with E-state index in [2.05, 4.69) is 12.2 Å². The summed E-state index contributed by atoms with van der Waals surface area (Å²) >= 11 is 5.37. The van der Waals surface area contributed by atoms with Crippen LogP contribution in [0.3, 0.4) is 0 Å². The maximum absolute atomic E-state index is 12.9. The van der Waals surface area contributed by atoms with E-state index in [1.54, 1.807) is 24.3 Å². The normalized spacial score (nSPS) is 14.7. The Morgan fingerprint density at radius 1 is 0.969 bits per heavy atom. The van der Waals surface area contributed by atoms with Gasteiger partial charge in [-0.05, 0) is 79.7 Å². The number of aryl methyl sites for hydroxylation is 1. The largest absolute Gasteiger partial charge is 0.494 e. The summed E-state index contributed by atoms with van der Waals surface area (Å²) < 4.78 is 17.0. The van der Waals surface area contributed by atoms with E-state index < -0.39 is 0 Å². The van der Waals surface area contributed by atoms with Gasteiger partial charge in [-0.3, -0.25) is 9.69 Å². The topological polar surface area (TPSA) is 63.9 Å². The number of rotatable bonds is 8. The summed E-state index contributed by atoms with van der Waals surface area (Å²) in [5.74, 6) is 2.47. The first-order valence-electron chi connectivity index (χ1n) is 10.5. The maximum atomic E-state index is 12.9. The number of benzene rings is 2. The summed E-state index contributed by atoms with van der Waals surface area (Å²) in [4.78, 5) is 14.4. The molecule has 1 N–H and O–H groups in total. The van der Waals surface area contributed by atoms with E-state index in [0.717, 1.165) is 17.9 Å². The first-order chi connectivity index (χ1) is 15.6. The Balaban J connectivity index is 1.42. The fourth-order valence-electron chi connectivity index (χ4n) is 3.30. The lowest BCUT2D eigenvalue weighted by molar-refractivity contribution is -0.113. The first-order valence-corrected chi connectivity index (χ1v) is 10.9. The molecule has 6 nitrogen and oxygen atoms in total. The molecular weight excluding hydrogens is 424 g/mol. The molecule has 164 valence electrons. The van der Waals surface area contributed by atoms with Crippen molar-refractivity contribution in [1.29, 1.82) is 0 Å². The van der Waals surface area contributed by atoms with Gasteiger partial charge in [-0.1, -0.05) is 19.1 Å². The monoisotopic (exact) mass is 448 g/mol. The van der Waals surface area contributed by atoms with Gasteiger partial charge >= 0.3 is 0 Å². The van der Waals surface area contributed by atoms with E-state index in [-0.39, 0.29) is 5.91 Å². The molecule has 1 amide bonds. The van der Waals surface area contributed by atoms with Gasteiger partial charge in [0.15, 0.2) is 5.11 Å². The Hall–Kier alpha value is -3.58. The highest BCUT2D eigenvalue weighted by Gasteiger charge is 2.32. The van der Waals surface area contributed by atoms with Crippen LogP contribution in [0.4, 0.5) is 5.69 Å². The molecule has 2 heterocycles. The average Bonchev–Trinajstić information content (AvgIpc) is 3.37. The minimum Gasteiger partial charge on any atom is -0.494 e. The number of ether oxygens (including phenoxy) is 2. The molecule has 0 spiro atoms. The van der Waals surface area contributed by atoms with Crippen LogP contribution in [0.1, 0.15) is 30.9 Å². The van der Waals surface area contributed by atoms with Crippen molar-refractivity contribution in [3.05, 3.63) is 83.4 Å². The van der Waals surface area contributed by atoms with E-state index in [9.17, 15) is 4.79 Å². The third-order valence-electron chi connectivity index (χ3n) is 4.97. The zero-order valence-corrected chi connectivity index (χ0v) is 18.8. The van der Waals surface area contributed by atoms with E-state index >= 15 is 0 Å². The molecule has 0 saturated carbocycles. The fraction of sp³-hybridized carbons (Fsp3) is 0.200. The zero-order valence-electron chi connectivity index (χ0n) is 18.0. The molecular formula is C25H24N2O4S. The van der Waals surface area contributed by atoms with Crippen LogP contribution in [0.15, 0.2) is 70.8 Å². The number of nitrogens with zero attached hydrogens (tertiary/aromatic N) is 1. The number of carbonyl (C=O) groups is 1. The summed E-state index contributed by atoms with van der Waals surface area (Å²) in [5, 5.41) is 3.28. The second-order valence-electron chi connectivity index (χ2n) is 7.15. The van der Waals surface area contributed by atoms with E-state index in [1.165, 1.54) is 10.5 Å². The molecule has 1 aliphatic heterocycles. The molecule has 0 aliphatic carbocycles. The molecule has 0 atom stereocenters. The van der Waals surface area contributed by atoms with Crippen molar-refractivity contribution >= 4 is 35.0 Å². The van der Waals surface area contributed by atoms with Gasteiger partial charge in [0.05, 0.1) is 12.3 Å². The zero-order chi connectivity index (χ0) is 22.5. The third-order valence-corrected chi connectivity index (χ3v) is 5.25. The Kier molecular flexibility index (Phi) is 6.56. The van der Waals surface area contributed by atoms with Crippen LogP contribution in [0.25, 0.3) is 6.08 Å². The summed E-state index contributed by atoms with van der Waals surface area (Å²) in [7, 11) is 0.